The molecule has 0 aromatic carbocycles. The van der Waals surface area contributed by atoms with Gasteiger partial charge in [0, 0.05) is 0 Å². The van der Waals surface area contributed by atoms with E-state index in [1.165, 1.54) is 0 Å². The van der Waals surface area contributed by atoms with Crippen molar-refractivity contribution in [3.63, 3.8) is 0 Å². The third-order valence-electron chi connectivity index (χ3n) is 4.39. The van der Waals surface area contributed by atoms with Crippen molar-refractivity contribution < 1.29 is 116 Å². The molecule has 42 heavy (non-hydrogen) atoms. The molecule has 0 aliphatic rings. The molecule has 3 unspecified atom stereocenters. The van der Waals surface area contributed by atoms with Crippen LogP contribution in [0.4, 0.5) is 87.8 Å². The van der Waals surface area contributed by atoms with Gasteiger partial charge in [-0.2, -0.15) is 79.0 Å². The van der Waals surface area contributed by atoms with Crippen molar-refractivity contribution in [3.8, 4) is 0 Å². The topological polar surface area (TPSA) is 63.2 Å². The number of esters is 1. The Labute approximate surface area is 217 Å². The van der Waals surface area contributed by atoms with Crippen molar-refractivity contribution in [1.82, 2.24) is 0 Å². The molecule has 0 saturated carbocycles. The molecule has 0 spiro atoms. The minimum atomic E-state index is -7.40. The largest absolute Gasteiger partial charge is 0.468 e. The first-order chi connectivity index (χ1) is 18.2. The second kappa shape index (κ2) is 12.1. The first-order valence-electron chi connectivity index (χ1n) is 9.55. The predicted molar refractivity (Wildman–Crippen MR) is 85.8 cm³/mol. The van der Waals surface area contributed by atoms with Crippen LogP contribution in [0.5, 0.6) is 0 Å². The maximum atomic E-state index is 13.8. The summed E-state index contributed by atoms with van der Waals surface area (Å²) in [5.74, 6) is -17.4. The number of hydrogen-bond acceptors (Lipinski definition) is 6. The summed E-state index contributed by atoms with van der Waals surface area (Å²) < 4.78 is 274. The molecular weight excluding hydrogens is 668 g/mol. The van der Waals surface area contributed by atoms with E-state index < -0.39 is 85.9 Å². The minimum Gasteiger partial charge on any atom is -0.468 e. The van der Waals surface area contributed by atoms with Crippen LogP contribution in [0.25, 0.3) is 0 Å². The fourth-order valence-electron chi connectivity index (χ4n) is 2.05. The number of hydrogen-bond donors (Lipinski definition) is 0. The van der Waals surface area contributed by atoms with Crippen molar-refractivity contribution in [2.24, 2.45) is 5.41 Å². The molecule has 0 radical (unpaired) electrons. The molecule has 0 fully saturated rings. The van der Waals surface area contributed by atoms with E-state index in [1.54, 1.807) is 0 Å². The lowest BCUT2D eigenvalue weighted by Crippen LogP contribution is -2.60. The Kier molecular flexibility index (Phi) is 11.5. The van der Waals surface area contributed by atoms with Crippen LogP contribution in [0.3, 0.4) is 0 Å². The molecule has 0 rings (SSSR count). The van der Waals surface area contributed by atoms with E-state index in [4.69, 9.17) is 0 Å². The molecule has 0 aliphatic heterocycles. The average Bonchev–Trinajstić information content (AvgIpc) is 2.79. The summed E-state index contributed by atoms with van der Waals surface area (Å²) in [6, 6.07) is 0. The molecule has 252 valence electrons. The number of carbonyl (C=O) groups excluding carboxylic acids is 1. The highest BCUT2D eigenvalue weighted by molar-refractivity contribution is 5.77. The maximum Gasteiger partial charge on any atom is 0.462 e. The van der Waals surface area contributed by atoms with Crippen LogP contribution in [-0.4, -0.2) is 87.6 Å². The van der Waals surface area contributed by atoms with E-state index in [-0.39, 0.29) is 14.0 Å². The van der Waals surface area contributed by atoms with Crippen LogP contribution >= 0.6 is 0 Å². The number of halogens is 20. The summed E-state index contributed by atoms with van der Waals surface area (Å²) in [5, 5.41) is 0. The lowest BCUT2D eigenvalue weighted by atomic mass is 9.90. The Hall–Kier alpha value is -2.09. The van der Waals surface area contributed by atoms with Gasteiger partial charge >= 0.3 is 54.6 Å². The van der Waals surface area contributed by atoms with Gasteiger partial charge in [-0.05, 0) is 6.92 Å². The molecule has 0 amide bonds. The fraction of sp³-hybridized carbons (Fsp3) is 0.938. The zero-order chi connectivity index (χ0) is 34.2. The van der Waals surface area contributed by atoms with Gasteiger partial charge in [0.25, 0.3) is 6.36 Å². The van der Waals surface area contributed by atoms with E-state index in [2.05, 4.69) is 18.9 Å². The fourth-order valence-corrected chi connectivity index (χ4v) is 2.05. The monoisotopic (exact) mass is 680 g/mol. The summed E-state index contributed by atoms with van der Waals surface area (Å²) in [6.07, 6.45) is -50.9. The van der Waals surface area contributed by atoms with Gasteiger partial charge in [-0.3, -0.25) is 19.0 Å². The van der Waals surface area contributed by atoms with Gasteiger partial charge in [0.1, 0.15) is 5.41 Å². The molecule has 0 bridgehead atoms. The van der Waals surface area contributed by atoms with Crippen molar-refractivity contribution in [3.05, 3.63) is 0 Å². The lowest BCUT2D eigenvalue weighted by molar-refractivity contribution is -0.477. The van der Waals surface area contributed by atoms with Gasteiger partial charge in [0.15, 0.2) is 13.0 Å². The molecule has 0 aromatic rings. The summed E-state index contributed by atoms with van der Waals surface area (Å²) >= 11 is 0. The zero-order valence-electron chi connectivity index (χ0n) is 19.6. The Morgan fingerprint density at radius 3 is 1.38 bits per heavy atom. The van der Waals surface area contributed by atoms with Crippen molar-refractivity contribution >= 4 is 5.97 Å². The summed E-state index contributed by atoms with van der Waals surface area (Å²) in [5.41, 5.74) is -4.25. The second-order valence-corrected chi connectivity index (χ2v) is 7.71. The zero-order valence-corrected chi connectivity index (χ0v) is 19.6. The second-order valence-electron chi connectivity index (χ2n) is 7.71. The van der Waals surface area contributed by atoms with E-state index >= 15 is 0 Å². The van der Waals surface area contributed by atoms with E-state index in [0.717, 1.165) is 0 Å². The highest BCUT2D eigenvalue weighted by atomic mass is 19.4. The van der Waals surface area contributed by atoms with Crippen LogP contribution in [0.15, 0.2) is 0 Å². The number of rotatable bonds is 15. The van der Waals surface area contributed by atoms with Crippen LogP contribution in [0.1, 0.15) is 6.92 Å². The Bertz CT molecular complexity index is 917. The molecule has 0 N–H and O–H groups in total. The highest BCUT2D eigenvalue weighted by Crippen LogP contribution is 2.51. The summed E-state index contributed by atoms with van der Waals surface area (Å²) in [6.45, 7) is -6.50. The van der Waals surface area contributed by atoms with Gasteiger partial charge in [-0.1, -0.05) is 0 Å². The van der Waals surface area contributed by atoms with Crippen LogP contribution in [0.2, 0.25) is 0 Å². The molecule has 6 nitrogen and oxygen atoms in total. The molecular formula is C16H12F20O6. The quantitative estimate of drug-likeness (QED) is 0.111. The van der Waals surface area contributed by atoms with E-state index in [0.29, 0.717) is 0 Å². The SMILES string of the molecule is COC(=O)C(C)(COC(F)(F)C(F)OC(F)(F)C(F)(F)C(F)(F)F)C(OC(F)(F)CF)OC(F)(F)C(F)(F)C(F)(F)F. The van der Waals surface area contributed by atoms with Crippen LogP contribution in [-0.2, 0) is 28.5 Å². The van der Waals surface area contributed by atoms with Gasteiger partial charge in [0.05, 0.1) is 13.7 Å². The molecule has 0 aromatic heterocycles. The van der Waals surface area contributed by atoms with Gasteiger partial charge in [-0.15, -0.1) is 0 Å². The molecule has 26 heteroatoms. The number of methoxy groups -OCH3 is 1. The maximum absolute atomic E-state index is 13.8. The number of ether oxygens (including phenoxy) is 5. The molecule has 3 atom stereocenters. The van der Waals surface area contributed by atoms with E-state index in [9.17, 15) is 92.6 Å². The van der Waals surface area contributed by atoms with Crippen molar-refractivity contribution in [2.75, 3.05) is 20.4 Å². The smallest absolute Gasteiger partial charge is 0.462 e. The normalized spacial score (nSPS) is 18.0. The third-order valence-corrected chi connectivity index (χ3v) is 4.39. The Balaban J connectivity index is 6.58. The van der Waals surface area contributed by atoms with Crippen molar-refractivity contribution in [2.45, 2.75) is 68.2 Å². The Morgan fingerprint density at radius 2 is 1.05 bits per heavy atom. The lowest BCUT2D eigenvalue weighted by Gasteiger charge is -2.39. The van der Waals surface area contributed by atoms with E-state index in [1.807, 2.05) is 4.74 Å². The Morgan fingerprint density at radius 1 is 0.667 bits per heavy atom. The van der Waals surface area contributed by atoms with Gasteiger partial charge in [0.2, 0.25) is 0 Å². The van der Waals surface area contributed by atoms with Gasteiger partial charge in [-0.25, -0.2) is 8.78 Å². The standard InChI is InChI=1S/C16H12F20O6/c1-8(6(37)38-2,4-39-10(21,22)5(18)40-15(33,34)11(23,24)13(27,28)29)7(41-9(19,20)3-17)42-16(35,36)12(25,26)14(30,31)32/h5,7H,3-4H2,1-2H3. The highest BCUT2D eigenvalue weighted by Gasteiger charge is 2.77. The third kappa shape index (κ3) is 8.29. The van der Waals surface area contributed by atoms with Crippen molar-refractivity contribution in [1.29, 1.82) is 0 Å². The number of carbonyl (C=O) groups is 1. The summed E-state index contributed by atoms with van der Waals surface area (Å²) in [7, 11) is 0.0758. The average molecular weight is 680 g/mol. The minimum absolute atomic E-state index is 0.0758. The van der Waals surface area contributed by atoms with Crippen LogP contribution in [0, 0.1) is 5.41 Å². The molecule has 0 aliphatic carbocycles. The predicted octanol–water partition coefficient (Wildman–Crippen LogP) is 6.59. The molecule has 0 heterocycles. The van der Waals surface area contributed by atoms with Crippen LogP contribution < -0.4 is 0 Å². The number of alkyl halides is 20. The van der Waals surface area contributed by atoms with Gasteiger partial charge < -0.3 is 9.47 Å². The first-order valence-corrected chi connectivity index (χ1v) is 9.55. The molecule has 0 saturated heterocycles. The summed E-state index contributed by atoms with van der Waals surface area (Å²) in [4.78, 5) is 12.0. The first kappa shape index (κ1) is 39.9.